The Morgan fingerprint density at radius 3 is 2.47 bits per heavy atom. The first kappa shape index (κ1) is 14.6. The van der Waals surface area contributed by atoms with E-state index in [0.29, 0.717) is 6.07 Å². The van der Waals surface area contributed by atoms with Crippen molar-refractivity contribution < 1.29 is 28.4 Å². The molecule has 0 spiro atoms. The van der Waals surface area contributed by atoms with Crippen LogP contribution in [0.2, 0.25) is 0 Å². The highest BCUT2D eigenvalue weighted by Crippen LogP contribution is 2.23. The number of halogens is 1. The van der Waals surface area contributed by atoms with Gasteiger partial charge in [0.05, 0.1) is 12.0 Å². The molecule has 0 aromatic heterocycles. The van der Waals surface area contributed by atoms with E-state index in [1.165, 1.54) is 6.92 Å². The topological polar surface area (TPSA) is 95.7 Å². The highest BCUT2D eigenvalue weighted by Gasteiger charge is 2.25. The molecule has 1 unspecified atom stereocenters. The minimum Gasteiger partial charge on any atom is -0.468 e. The van der Waals surface area contributed by atoms with Gasteiger partial charge in [0.1, 0.15) is 5.75 Å². The molecule has 7 nitrogen and oxygen atoms in total. The summed E-state index contributed by atoms with van der Waals surface area (Å²) in [6.45, 7) is 1.26. The van der Waals surface area contributed by atoms with Crippen LogP contribution in [-0.4, -0.2) is 24.0 Å². The lowest BCUT2D eigenvalue weighted by atomic mass is 10.2. The molecular weight excluding hydrogens is 261 g/mol. The van der Waals surface area contributed by atoms with E-state index in [1.807, 2.05) is 0 Å². The smallest absolute Gasteiger partial charge is 0.325 e. The first-order chi connectivity index (χ1) is 8.86. The Morgan fingerprint density at radius 2 is 2.00 bits per heavy atom. The number of nitrogens with zero attached hydrogens (tertiary/aromatic N) is 1. The predicted octanol–water partition coefficient (Wildman–Crippen LogP) is 1.45. The fourth-order valence-electron chi connectivity index (χ4n) is 1.18. The van der Waals surface area contributed by atoms with Crippen LogP contribution >= 0.6 is 0 Å². The van der Waals surface area contributed by atoms with E-state index in [9.17, 15) is 24.1 Å². The van der Waals surface area contributed by atoms with Gasteiger partial charge in [-0.25, -0.2) is 0 Å². The number of ether oxygens (including phenoxy) is 2. The Kier molecular flexibility index (Phi) is 4.51. The Morgan fingerprint density at radius 1 is 1.37 bits per heavy atom. The second-order valence-corrected chi connectivity index (χ2v) is 3.54. The summed E-state index contributed by atoms with van der Waals surface area (Å²) in [5, 5.41) is 10.4. The number of methoxy groups -OCH3 is 1. The van der Waals surface area contributed by atoms with E-state index in [4.69, 9.17) is 4.74 Å². The lowest BCUT2D eigenvalue weighted by Crippen LogP contribution is -2.26. The maximum atomic E-state index is 13.3. The van der Waals surface area contributed by atoms with E-state index in [2.05, 4.69) is 4.74 Å². The van der Waals surface area contributed by atoms with Crippen LogP contribution in [0.1, 0.15) is 6.92 Å². The molecule has 0 radical (unpaired) electrons. The second kappa shape index (κ2) is 5.89. The summed E-state index contributed by atoms with van der Waals surface area (Å²) in [6, 6.07) is 2.61. The third-order valence-electron chi connectivity index (χ3n) is 2.24. The van der Waals surface area contributed by atoms with Crippen LogP contribution < -0.4 is 4.74 Å². The number of hydrogen-bond donors (Lipinski definition) is 0. The van der Waals surface area contributed by atoms with Gasteiger partial charge in [-0.1, -0.05) is 0 Å². The Labute approximate surface area is 107 Å². The molecule has 1 aromatic rings. The fraction of sp³-hybridized carbons (Fsp3) is 0.273. The van der Waals surface area contributed by atoms with Gasteiger partial charge in [0, 0.05) is 12.1 Å². The molecular formula is C11H10FNO6. The van der Waals surface area contributed by atoms with Crippen LogP contribution in [0.5, 0.6) is 5.75 Å². The molecule has 19 heavy (non-hydrogen) atoms. The zero-order valence-electron chi connectivity index (χ0n) is 10.1. The van der Waals surface area contributed by atoms with Crippen molar-refractivity contribution in [3.63, 3.8) is 0 Å². The standard InChI is InChI=1S/C11H10FNO6/c1-6(10(14)18-2)11(15)19-7-3-4-9(13(16)17)8(12)5-7/h3-6H,1-2H3. The van der Waals surface area contributed by atoms with Crippen molar-refractivity contribution in [3.05, 3.63) is 34.1 Å². The summed E-state index contributed by atoms with van der Waals surface area (Å²) in [5.41, 5.74) is -0.735. The number of hydrogen-bond acceptors (Lipinski definition) is 6. The number of nitro benzene ring substituents is 1. The Balaban J connectivity index is 2.84. The number of esters is 2. The van der Waals surface area contributed by atoms with Crippen molar-refractivity contribution in [3.8, 4) is 5.75 Å². The minimum atomic E-state index is -1.18. The molecule has 0 saturated heterocycles. The van der Waals surface area contributed by atoms with Gasteiger partial charge < -0.3 is 9.47 Å². The largest absolute Gasteiger partial charge is 0.468 e. The predicted molar refractivity (Wildman–Crippen MR) is 59.9 cm³/mol. The molecule has 102 valence electrons. The normalized spacial score (nSPS) is 11.5. The van der Waals surface area contributed by atoms with Gasteiger partial charge in [-0.15, -0.1) is 0 Å². The summed E-state index contributed by atoms with van der Waals surface area (Å²) in [5.74, 6) is -4.29. The lowest BCUT2D eigenvalue weighted by molar-refractivity contribution is -0.387. The number of benzene rings is 1. The average Bonchev–Trinajstić information content (AvgIpc) is 2.36. The highest BCUT2D eigenvalue weighted by atomic mass is 19.1. The van der Waals surface area contributed by atoms with Gasteiger partial charge in [-0.05, 0) is 13.0 Å². The molecule has 0 amide bonds. The number of nitro groups is 1. The Hall–Kier alpha value is -2.51. The monoisotopic (exact) mass is 271 g/mol. The molecule has 1 aromatic carbocycles. The van der Waals surface area contributed by atoms with Crippen LogP contribution in [0, 0.1) is 21.8 Å². The van der Waals surface area contributed by atoms with Crippen molar-refractivity contribution >= 4 is 17.6 Å². The van der Waals surface area contributed by atoms with Crippen molar-refractivity contribution in [1.82, 2.24) is 0 Å². The number of carbonyl (C=O) groups excluding carboxylic acids is 2. The van der Waals surface area contributed by atoms with Crippen molar-refractivity contribution in [1.29, 1.82) is 0 Å². The summed E-state index contributed by atoms with van der Waals surface area (Å²) >= 11 is 0. The first-order valence-electron chi connectivity index (χ1n) is 5.10. The van der Waals surface area contributed by atoms with Gasteiger partial charge >= 0.3 is 17.6 Å². The van der Waals surface area contributed by atoms with E-state index in [1.54, 1.807) is 0 Å². The minimum absolute atomic E-state index is 0.233. The molecule has 1 atom stereocenters. The fourth-order valence-corrected chi connectivity index (χ4v) is 1.18. The number of carbonyl (C=O) groups is 2. The molecule has 0 N–H and O–H groups in total. The zero-order valence-corrected chi connectivity index (χ0v) is 10.1. The summed E-state index contributed by atoms with van der Waals surface area (Å²) in [7, 11) is 1.11. The van der Waals surface area contributed by atoms with Crippen LogP contribution in [0.15, 0.2) is 18.2 Å². The van der Waals surface area contributed by atoms with Crippen LogP contribution in [0.3, 0.4) is 0 Å². The quantitative estimate of drug-likeness (QED) is 0.270. The molecule has 0 aliphatic rings. The SMILES string of the molecule is COC(=O)C(C)C(=O)Oc1ccc([N+](=O)[O-])c(F)c1. The Bertz CT molecular complexity index is 530. The zero-order chi connectivity index (χ0) is 14.6. The maximum Gasteiger partial charge on any atom is 0.325 e. The van der Waals surface area contributed by atoms with Crippen LogP contribution in [0.4, 0.5) is 10.1 Å². The van der Waals surface area contributed by atoms with Gasteiger partial charge in [0.2, 0.25) is 5.82 Å². The molecule has 0 heterocycles. The summed E-state index contributed by atoms with van der Waals surface area (Å²) in [4.78, 5) is 32.0. The van der Waals surface area contributed by atoms with Gasteiger partial charge in [0.25, 0.3) is 0 Å². The van der Waals surface area contributed by atoms with Gasteiger partial charge in [-0.3, -0.25) is 19.7 Å². The lowest BCUT2D eigenvalue weighted by Gasteiger charge is -2.09. The highest BCUT2D eigenvalue weighted by molar-refractivity contribution is 5.95. The molecule has 0 aliphatic carbocycles. The van der Waals surface area contributed by atoms with E-state index in [-0.39, 0.29) is 5.75 Å². The van der Waals surface area contributed by atoms with E-state index in [0.717, 1.165) is 19.2 Å². The second-order valence-electron chi connectivity index (χ2n) is 3.54. The first-order valence-corrected chi connectivity index (χ1v) is 5.10. The average molecular weight is 271 g/mol. The molecule has 0 fully saturated rings. The van der Waals surface area contributed by atoms with Crippen LogP contribution in [0.25, 0.3) is 0 Å². The maximum absolute atomic E-state index is 13.3. The molecule has 0 saturated carbocycles. The number of rotatable bonds is 4. The molecule has 1 rings (SSSR count). The van der Waals surface area contributed by atoms with Crippen molar-refractivity contribution in [2.45, 2.75) is 6.92 Å². The third-order valence-corrected chi connectivity index (χ3v) is 2.24. The molecule has 0 bridgehead atoms. The van der Waals surface area contributed by atoms with Crippen molar-refractivity contribution in [2.75, 3.05) is 7.11 Å². The van der Waals surface area contributed by atoms with E-state index < -0.39 is 34.3 Å². The van der Waals surface area contributed by atoms with Gasteiger partial charge in [0.15, 0.2) is 5.92 Å². The van der Waals surface area contributed by atoms with E-state index >= 15 is 0 Å². The van der Waals surface area contributed by atoms with Crippen molar-refractivity contribution in [2.24, 2.45) is 5.92 Å². The molecule has 8 heteroatoms. The summed E-state index contributed by atoms with van der Waals surface area (Å²) in [6.07, 6.45) is 0. The third kappa shape index (κ3) is 3.47. The van der Waals surface area contributed by atoms with Crippen LogP contribution in [-0.2, 0) is 14.3 Å². The molecule has 0 aliphatic heterocycles. The van der Waals surface area contributed by atoms with Gasteiger partial charge in [-0.2, -0.15) is 4.39 Å². The summed E-state index contributed by atoms with van der Waals surface area (Å²) < 4.78 is 22.3.